The second-order valence-electron chi connectivity index (χ2n) is 5.03. The quantitative estimate of drug-likeness (QED) is 0.749. The number of nitrogens with zero attached hydrogens (tertiary/aromatic N) is 2. The molecule has 18 heavy (non-hydrogen) atoms. The van der Waals surface area contributed by atoms with E-state index in [4.69, 9.17) is 0 Å². The number of imide groups is 1. The fourth-order valence-corrected chi connectivity index (χ4v) is 3.31. The lowest BCUT2D eigenvalue weighted by Crippen LogP contribution is -2.34. The van der Waals surface area contributed by atoms with Gasteiger partial charge in [0.1, 0.15) is 5.82 Å². The Morgan fingerprint density at radius 2 is 2.00 bits per heavy atom. The van der Waals surface area contributed by atoms with Crippen molar-refractivity contribution in [1.82, 2.24) is 4.98 Å². The Morgan fingerprint density at radius 3 is 2.67 bits per heavy atom. The van der Waals surface area contributed by atoms with Crippen LogP contribution in [0.1, 0.15) is 32.1 Å². The molecule has 0 bridgehead atoms. The number of halogens is 1. The van der Waals surface area contributed by atoms with E-state index >= 15 is 0 Å². The summed E-state index contributed by atoms with van der Waals surface area (Å²) in [6.07, 6.45) is 5.70. The van der Waals surface area contributed by atoms with E-state index < -0.39 is 5.41 Å². The lowest BCUT2D eigenvalue weighted by molar-refractivity contribution is -0.125. The first-order valence-electron chi connectivity index (χ1n) is 6.11. The molecule has 1 aliphatic heterocycles. The van der Waals surface area contributed by atoms with Gasteiger partial charge in [-0.05, 0) is 25.0 Å². The van der Waals surface area contributed by atoms with Gasteiger partial charge < -0.3 is 0 Å². The van der Waals surface area contributed by atoms with Crippen LogP contribution in [0.4, 0.5) is 5.82 Å². The lowest BCUT2D eigenvalue weighted by atomic mass is 9.84. The van der Waals surface area contributed by atoms with Crippen LogP contribution in [0, 0.1) is 5.41 Å². The van der Waals surface area contributed by atoms with Gasteiger partial charge in [0.2, 0.25) is 11.8 Å². The molecule has 1 aliphatic carbocycles. The number of carbonyl (C=O) groups excluding carboxylic acids is 2. The number of pyridine rings is 1. The Kier molecular flexibility index (Phi) is 2.73. The van der Waals surface area contributed by atoms with Crippen molar-refractivity contribution < 1.29 is 9.59 Å². The molecule has 1 saturated heterocycles. The highest BCUT2D eigenvalue weighted by molar-refractivity contribution is 9.10. The highest BCUT2D eigenvalue weighted by Crippen LogP contribution is 2.47. The first-order valence-corrected chi connectivity index (χ1v) is 6.91. The van der Waals surface area contributed by atoms with Crippen LogP contribution in [0.3, 0.4) is 0 Å². The number of hydrogen-bond acceptors (Lipinski definition) is 3. The van der Waals surface area contributed by atoms with Gasteiger partial charge >= 0.3 is 0 Å². The van der Waals surface area contributed by atoms with E-state index in [1.165, 1.54) is 4.90 Å². The van der Waals surface area contributed by atoms with E-state index in [2.05, 4.69) is 20.9 Å². The molecule has 2 amide bonds. The fourth-order valence-electron chi connectivity index (χ4n) is 2.98. The zero-order valence-corrected chi connectivity index (χ0v) is 11.4. The molecule has 1 saturated carbocycles. The van der Waals surface area contributed by atoms with Gasteiger partial charge in [0.05, 0.1) is 5.41 Å². The molecular formula is C13H13BrN2O2. The molecule has 2 heterocycles. The molecule has 2 aliphatic rings. The molecule has 94 valence electrons. The van der Waals surface area contributed by atoms with Crippen molar-refractivity contribution in [3.05, 3.63) is 22.8 Å². The van der Waals surface area contributed by atoms with Crippen LogP contribution in [0.2, 0.25) is 0 Å². The van der Waals surface area contributed by atoms with Crippen molar-refractivity contribution in [2.75, 3.05) is 4.90 Å². The number of rotatable bonds is 1. The lowest BCUT2D eigenvalue weighted by Gasteiger charge is -2.20. The highest BCUT2D eigenvalue weighted by atomic mass is 79.9. The van der Waals surface area contributed by atoms with E-state index in [0.717, 1.165) is 30.2 Å². The highest BCUT2D eigenvalue weighted by Gasteiger charge is 2.53. The summed E-state index contributed by atoms with van der Waals surface area (Å²) in [5.41, 5.74) is -0.429. The summed E-state index contributed by atoms with van der Waals surface area (Å²) in [5.74, 6) is 0.256. The summed E-state index contributed by atoms with van der Waals surface area (Å²) >= 11 is 3.33. The smallest absolute Gasteiger partial charge is 0.241 e. The van der Waals surface area contributed by atoms with Crippen molar-refractivity contribution in [1.29, 1.82) is 0 Å². The minimum Gasteiger partial charge on any atom is -0.274 e. The van der Waals surface area contributed by atoms with Crippen LogP contribution in [-0.2, 0) is 9.59 Å². The van der Waals surface area contributed by atoms with Crippen LogP contribution in [0.5, 0.6) is 0 Å². The average Bonchev–Trinajstić information content (AvgIpc) is 2.87. The van der Waals surface area contributed by atoms with Crippen LogP contribution in [-0.4, -0.2) is 16.8 Å². The first-order chi connectivity index (χ1) is 8.62. The van der Waals surface area contributed by atoms with Crippen LogP contribution < -0.4 is 4.90 Å². The monoisotopic (exact) mass is 308 g/mol. The standard InChI is InChI=1S/C13H13BrN2O2/c14-9-3-6-15-10(7-9)16-11(17)8-13(12(16)18)4-1-2-5-13/h3,6-7H,1-2,4-5,8H2. The van der Waals surface area contributed by atoms with Crippen molar-refractivity contribution in [2.45, 2.75) is 32.1 Å². The third kappa shape index (κ3) is 1.68. The van der Waals surface area contributed by atoms with Crippen LogP contribution >= 0.6 is 15.9 Å². The summed E-state index contributed by atoms with van der Waals surface area (Å²) in [6, 6.07) is 3.49. The second kappa shape index (κ2) is 4.16. The van der Waals surface area contributed by atoms with E-state index in [1.54, 1.807) is 18.3 Å². The second-order valence-corrected chi connectivity index (χ2v) is 5.95. The zero-order chi connectivity index (χ0) is 12.8. The molecular weight excluding hydrogens is 296 g/mol. The molecule has 3 rings (SSSR count). The van der Waals surface area contributed by atoms with Crippen molar-refractivity contribution in [3.8, 4) is 0 Å². The summed E-state index contributed by atoms with van der Waals surface area (Å²) in [5, 5.41) is 0. The van der Waals surface area contributed by atoms with E-state index in [-0.39, 0.29) is 11.8 Å². The van der Waals surface area contributed by atoms with Gasteiger partial charge in [-0.2, -0.15) is 0 Å². The first kappa shape index (κ1) is 11.8. The fraction of sp³-hybridized carbons (Fsp3) is 0.462. The summed E-state index contributed by atoms with van der Waals surface area (Å²) in [7, 11) is 0. The summed E-state index contributed by atoms with van der Waals surface area (Å²) < 4.78 is 0.820. The van der Waals surface area contributed by atoms with E-state index in [1.807, 2.05) is 0 Å². The van der Waals surface area contributed by atoms with Gasteiger partial charge in [-0.3, -0.25) is 9.59 Å². The van der Waals surface area contributed by atoms with E-state index in [9.17, 15) is 9.59 Å². The SMILES string of the molecule is O=C1CC2(CCCC2)C(=O)N1c1cc(Br)ccn1. The van der Waals surface area contributed by atoms with Crippen LogP contribution in [0.15, 0.2) is 22.8 Å². The van der Waals surface area contributed by atoms with Crippen molar-refractivity contribution in [3.63, 3.8) is 0 Å². The predicted octanol–water partition coefficient (Wildman–Crippen LogP) is 2.67. The minimum absolute atomic E-state index is 0.0596. The molecule has 1 spiro atoms. The molecule has 4 nitrogen and oxygen atoms in total. The molecule has 1 aromatic rings. The number of hydrogen-bond donors (Lipinski definition) is 0. The van der Waals surface area contributed by atoms with Gasteiger partial charge in [-0.1, -0.05) is 28.8 Å². The predicted molar refractivity (Wildman–Crippen MR) is 69.9 cm³/mol. The maximum atomic E-state index is 12.5. The average molecular weight is 309 g/mol. The Hall–Kier alpha value is -1.23. The van der Waals surface area contributed by atoms with Gasteiger partial charge in [0.25, 0.3) is 0 Å². The van der Waals surface area contributed by atoms with Gasteiger partial charge in [0, 0.05) is 17.1 Å². The third-order valence-corrected chi connectivity index (χ3v) is 4.39. The topological polar surface area (TPSA) is 50.3 Å². The number of anilines is 1. The Bertz CT molecular complexity index is 523. The molecule has 1 aromatic heterocycles. The third-order valence-electron chi connectivity index (χ3n) is 3.89. The molecule has 2 fully saturated rings. The molecule has 0 radical (unpaired) electrons. The molecule has 0 atom stereocenters. The number of aromatic nitrogens is 1. The van der Waals surface area contributed by atoms with Crippen molar-refractivity contribution >= 4 is 33.6 Å². The molecule has 5 heteroatoms. The van der Waals surface area contributed by atoms with E-state index in [0.29, 0.717) is 12.2 Å². The molecule has 0 N–H and O–H groups in total. The van der Waals surface area contributed by atoms with Crippen molar-refractivity contribution in [2.24, 2.45) is 5.41 Å². The van der Waals surface area contributed by atoms with Crippen LogP contribution in [0.25, 0.3) is 0 Å². The maximum Gasteiger partial charge on any atom is 0.241 e. The largest absolute Gasteiger partial charge is 0.274 e. The summed E-state index contributed by atoms with van der Waals surface area (Å²) in [4.78, 5) is 30.0. The Balaban J connectivity index is 1.98. The number of amides is 2. The Labute approximate surface area is 114 Å². The van der Waals surface area contributed by atoms with Gasteiger partial charge in [0.15, 0.2) is 0 Å². The molecule has 0 unspecified atom stereocenters. The minimum atomic E-state index is -0.429. The number of carbonyl (C=O) groups is 2. The Morgan fingerprint density at radius 1 is 1.28 bits per heavy atom. The molecule has 0 aromatic carbocycles. The maximum absolute atomic E-state index is 12.5. The zero-order valence-electron chi connectivity index (χ0n) is 9.86. The normalized spacial score (nSPS) is 22.2. The summed E-state index contributed by atoms with van der Waals surface area (Å²) in [6.45, 7) is 0. The van der Waals surface area contributed by atoms with Gasteiger partial charge in [-0.15, -0.1) is 0 Å². The van der Waals surface area contributed by atoms with Gasteiger partial charge in [-0.25, -0.2) is 9.88 Å².